The molecule has 0 heterocycles. The number of nitrogens with zero attached hydrogens (tertiary/aromatic N) is 1. The van der Waals surface area contributed by atoms with Crippen LogP contribution in [0.1, 0.15) is 51.4 Å². The number of hydrogen-bond donors (Lipinski definition) is 2. The van der Waals surface area contributed by atoms with Gasteiger partial charge in [0.15, 0.2) is 0 Å². The maximum absolute atomic E-state index is 11.2. The third-order valence-electron chi connectivity index (χ3n) is 4.38. The average molecular weight is 315 g/mol. The summed E-state index contributed by atoms with van der Waals surface area (Å²) in [6.07, 6.45) is 9.53. The highest BCUT2D eigenvalue weighted by Crippen LogP contribution is 2.27. The monoisotopic (exact) mass is 314 g/mol. The Labute approximate surface area is 131 Å². The predicted molar refractivity (Wildman–Crippen MR) is 91.3 cm³/mol. The Bertz CT molecular complexity index is 299. The van der Waals surface area contributed by atoms with Crippen LogP contribution in [0.15, 0.2) is 0 Å². The van der Waals surface area contributed by atoms with Crippen LogP contribution < -0.4 is 5.43 Å². The average Bonchev–Trinajstić information content (AvgIpc) is 2.41. The molecule has 0 aliphatic heterocycles. The van der Waals surface area contributed by atoms with Crippen molar-refractivity contribution >= 4 is 14.2 Å². The van der Waals surface area contributed by atoms with Crippen LogP contribution in [0.3, 0.4) is 0 Å². The van der Waals surface area contributed by atoms with Gasteiger partial charge >= 0.3 is 6.09 Å². The van der Waals surface area contributed by atoms with Gasteiger partial charge in [-0.2, -0.15) is 0 Å². The Morgan fingerprint density at radius 2 is 1.86 bits per heavy atom. The van der Waals surface area contributed by atoms with Crippen LogP contribution >= 0.6 is 0 Å². The summed E-state index contributed by atoms with van der Waals surface area (Å²) >= 11 is 0. The Kier molecular flexibility index (Phi) is 8.33. The fraction of sp³-hybridized carbons (Fsp3) is 0.938. The van der Waals surface area contributed by atoms with Crippen LogP contribution in [0.25, 0.3) is 0 Å². The van der Waals surface area contributed by atoms with E-state index in [2.05, 4.69) is 25.1 Å². The number of rotatable bonds is 9. The van der Waals surface area contributed by atoms with E-state index in [1.54, 1.807) is 0 Å². The van der Waals surface area contributed by atoms with Gasteiger partial charge < -0.3 is 5.11 Å². The lowest BCUT2D eigenvalue weighted by atomic mass is 9.86. The Balaban J connectivity index is 2.14. The molecule has 0 atom stereocenters. The highest BCUT2D eigenvalue weighted by Gasteiger charge is 2.16. The molecule has 1 rings (SSSR count). The van der Waals surface area contributed by atoms with Gasteiger partial charge in [-0.25, -0.2) is 15.2 Å². The fourth-order valence-electron chi connectivity index (χ4n) is 2.99. The predicted octanol–water partition coefficient (Wildman–Crippen LogP) is 4.56. The first-order valence-corrected chi connectivity index (χ1v) is 12.3. The molecule has 0 unspecified atom stereocenters. The molecule has 1 saturated carbocycles. The summed E-state index contributed by atoms with van der Waals surface area (Å²) in [4.78, 5) is 11.2. The molecule has 1 fully saturated rings. The van der Waals surface area contributed by atoms with Crippen molar-refractivity contribution in [3.63, 3.8) is 0 Å². The van der Waals surface area contributed by atoms with Crippen molar-refractivity contribution in [2.75, 3.05) is 13.1 Å². The number of carboxylic acid groups (broad SMARTS) is 1. The Morgan fingerprint density at radius 1 is 1.19 bits per heavy atom. The lowest BCUT2D eigenvalue weighted by molar-refractivity contribution is 0.119. The van der Waals surface area contributed by atoms with Crippen molar-refractivity contribution in [1.29, 1.82) is 0 Å². The first-order valence-electron chi connectivity index (χ1n) is 8.62. The summed E-state index contributed by atoms with van der Waals surface area (Å²) in [6.45, 7) is 8.33. The van der Waals surface area contributed by atoms with Crippen LogP contribution in [0.4, 0.5) is 4.79 Å². The minimum atomic E-state index is -1.10. The van der Waals surface area contributed by atoms with E-state index >= 15 is 0 Å². The SMILES string of the molecule is C[Si](C)(C)CCNN(CCCCC1CCCCC1)C(=O)O. The van der Waals surface area contributed by atoms with Crippen LogP contribution in [0, 0.1) is 5.92 Å². The molecule has 0 spiro atoms. The summed E-state index contributed by atoms with van der Waals surface area (Å²) in [5.41, 5.74) is 3.08. The van der Waals surface area contributed by atoms with Crippen molar-refractivity contribution in [2.45, 2.75) is 77.1 Å². The molecular weight excluding hydrogens is 280 g/mol. The smallest absolute Gasteiger partial charge is 0.421 e. The minimum absolute atomic E-state index is 0.619. The van der Waals surface area contributed by atoms with E-state index in [1.165, 1.54) is 43.5 Å². The Hall–Kier alpha value is -0.553. The molecule has 0 aromatic heterocycles. The first-order chi connectivity index (χ1) is 9.88. The van der Waals surface area contributed by atoms with Gasteiger partial charge in [-0.3, -0.25) is 0 Å². The van der Waals surface area contributed by atoms with Crippen LogP contribution in [-0.4, -0.2) is 37.4 Å². The second-order valence-electron chi connectivity index (χ2n) is 7.65. The molecule has 124 valence electrons. The second kappa shape index (κ2) is 9.46. The van der Waals surface area contributed by atoms with Crippen molar-refractivity contribution < 1.29 is 9.90 Å². The third kappa shape index (κ3) is 9.14. The minimum Gasteiger partial charge on any atom is -0.464 e. The quantitative estimate of drug-likeness (QED) is 0.373. The molecular formula is C16H34N2O2Si. The van der Waals surface area contributed by atoms with E-state index in [0.29, 0.717) is 6.54 Å². The molecule has 5 heteroatoms. The number of carbonyl (C=O) groups is 1. The summed E-state index contributed by atoms with van der Waals surface area (Å²) < 4.78 is 0. The standard InChI is InChI=1S/C16H34N2O2Si/c1-21(2,3)14-12-17-18(16(19)20)13-8-7-11-15-9-5-4-6-10-15/h15,17H,4-14H2,1-3H3,(H,19,20). The van der Waals surface area contributed by atoms with Crippen molar-refractivity contribution in [1.82, 2.24) is 10.4 Å². The molecule has 1 amide bonds. The number of nitrogens with one attached hydrogen (secondary N) is 1. The van der Waals surface area contributed by atoms with Gasteiger partial charge in [0.1, 0.15) is 0 Å². The van der Waals surface area contributed by atoms with E-state index in [-0.39, 0.29) is 0 Å². The molecule has 4 nitrogen and oxygen atoms in total. The van der Waals surface area contributed by atoms with E-state index in [1.807, 2.05) is 0 Å². The maximum Gasteiger partial charge on any atom is 0.421 e. The summed E-state index contributed by atoms with van der Waals surface area (Å²) in [5.74, 6) is 0.900. The van der Waals surface area contributed by atoms with E-state index in [0.717, 1.165) is 31.3 Å². The zero-order chi connectivity index (χ0) is 15.7. The number of amides is 1. The normalized spacial score (nSPS) is 16.9. The fourth-order valence-corrected chi connectivity index (χ4v) is 3.85. The topological polar surface area (TPSA) is 52.6 Å². The summed E-state index contributed by atoms with van der Waals surface area (Å²) in [6, 6.07) is 1.11. The molecule has 2 N–H and O–H groups in total. The first kappa shape index (κ1) is 18.5. The van der Waals surface area contributed by atoms with Gasteiger partial charge in [0.25, 0.3) is 0 Å². The van der Waals surface area contributed by atoms with Gasteiger partial charge in [-0.1, -0.05) is 64.6 Å². The van der Waals surface area contributed by atoms with Gasteiger partial charge in [-0.15, -0.1) is 0 Å². The maximum atomic E-state index is 11.2. The largest absolute Gasteiger partial charge is 0.464 e. The van der Waals surface area contributed by atoms with Gasteiger partial charge in [0.2, 0.25) is 0 Å². The molecule has 0 bridgehead atoms. The van der Waals surface area contributed by atoms with E-state index in [4.69, 9.17) is 0 Å². The van der Waals surface area contributed by atoms with Crippen molar-refractivity contribution in [3.8, 4) is 0 Å². The second-order valence-corrected chi connectivity index (χ2v) is 13.3. The van der Waals surface area contributed by atoms with Gasteiger partial charge in [-0.05, 0) is 18.4 Å². The third-order valence-corrected chi connectivity index (χ3v) is 6.13. The summed E-state index contributed by atoms with van der Waals surface area (Å²) in [5, 5.41) is 10.6. The molecule has 1 aliphatic carbocycles. The highest BCUT2D eigenvalue weighted by molar-refractivity contribution is 6.76. The lowest BCUT2D eigenvalue weighted by Crippen LogP contribution is -2.44. The molecule has 21 heavy (non-hydrogen) atoms. The van der Waals surface area contributed by atoms with E-state index < -0.39 is 14.2 Å². The molecule has 0 radical (unpaired) electrons. The molecule has 0 aromatic carbocycles. The Morgan fingerprint density at radius 3 is 2.43 bits per heavy atom. The molecule has 0 aromatic rings. The number of hydrogen-bond acceptors (Lipinski definition) is 2. The lowest BCUT2D eigenvalue weighted by Gasteiger charge is -2.24. The molecule has 1 aliphatic rings. The van der Waals surface area contributed by atoms with Crippen LogP contribution in [-0.2, 0) is 0 Å². The van der Waals surface area contributed by atoms with Crippen LogP contribution in [0.2, 0.25) is 25.7 Å². The van der Waals surface area contributed by atoms with Crippen molar-refractivity contribution in [2.24, 2.45) is 5.92 Å². The van der Waals surface area contributed by atoms with E-state index in [9.17, 15) is 9.90 Å². The number of unbranched alkanes of at least 4 members (excludes halogenated alkanes) is 1. The number of hydrazine groups is 1. The van der Waals surface area contributed by atoms with Gasteiger partial charge in [0, 0.05) is 21.2 Å². The highest BCUT2D eigenvalue weighted by atomic mass is 28.3. The molecule has 0 saturated heterocycles. The summed E-state index contributed by atoms with van der Waals surface area (Å²) in [7, 11) is -1.10. The zero-order valence-electron chi connectivity index (χ0n) is 14.2. The van der Waals surface area contributed by atoms with Crippen LogP contribution in [0.5, 0.6) is 0 Å². The van der Waals surface area contributed by atoms with Crippen molar-refractivity contribution in [3.05, 3.63) is 0 Å². The zero-order valence-corrected chi connectivity index (χ0v) is 15.2. The van der Waals surface area contributed by atoms with Gasteiger partial charge in [0.05, 0.1) is 0 Å².